The molecule has 0 fully saturated rings. The Morgan fingerprint density at radius 2 is 1.73 bits per heavy atom. The van der Waals surface area contributed by atoms with E-state index in [4.69, 9.17) is 0 Å². The Hall–Kier alpha value is -3.06. The van der Waals surface area contributed by atoms with Gasteiger partial charge in [0.1, 0.15) is 5.69 Å². The van der Waals surface area contributed by atoms with Gasteiger partial charge in [0.15, 0.2) is 5.78 Å². The molecule has 26 heavy (non-hydrogen) atoms. The maximum atomic E-state index is 12.3. The molecule has 0 bridgehead atoms. The molecule has 0 saturated heterocycles. The summed E-state index contributed by atoms with van der Waals surface area (Å²) in [7, 11) is 0. The first-order chi connectivity index (χ1) is 12.6. The van der Waals surface area contributed by atoms with Crippen LogP contribution in [0.15, 0.2) is 66.0 Å². The van der Waals surface area contributed by atoms with Crippen LogP contribution in [0.4, 0.5) is 5.69 Å². The van der Waals surface area contributed by atoms with Gasteiger partial charge in [0, 0.05) is 23.7 Å². The van der Waals surface area contributed by atoms with Crippen molar-refractivity contribution in [3.63, 3.8) is 0 Å². The predicted molar refractivity (Wildman–Crippen MR) is 101 cm³/mol. The highest BCUT2D eigenvalue weighted by Crippen LogP contribution is 2.18. The van der Waals surface area contributed by atoms with Gasteiger partial charge in [-0.05, 0) is 24.3 Å². The van der Waals surface area contributed by atoms with E-state index in [1.165, 1.54) is 18.7 Å². The first-order valence-electron chi connectivity index (χ1n) is 7.90. The Labute approximate surface area is 155 Å². The lowest BCUT2D eigenvalue weighted by Gasteiger charge is -2.04. The average Bonchev–Trinajstić information content (AvgIpc) is 2.67. The molecule has 3 rings (SSSR count). The molecule has 0 radical (unpaired) electrons. The number of anilines is 1. The number of benzene rings is 2. The van der Waals surface area contributed by atoms with Gasteiger partial charge in [-0.2, -0.15) is 0 Å². The van der Waals surface area contributed by atoms with E-state index in [1.54, 1.807) is 30.5 Å². The van der Waals surface area contributed by atoms with Gasteiger partial charge in [-0.3, -0.25) is 9.59 Å². The lowest BCUT2D eigenvalue weighted by Crippen LogP contribution is -2.07. The van der Waals surface area contributed by atoms with Crippen molar-refractivity contribution in [2.45, 2.75) is 12.1 Å². The third kappa shape index (κ3) is 4.73. The molecule has 0 unspecified atom stereocenters. The Bertz CT molecular complexity index is 897. The summed E-state index contributed by atoms with van der Waals surface area (Å²) in [6, 6.07) is 16.4. The summed E-state index contributed by atoms with van der Waals surface area (Å²) in [5.74, 6) is 0.0228. The second-order valence-corrected chi connectivity index (χ2v) is 6.40. The first kappa shape index (κ1) is 17.8. The van der Waals surface area contributed by atoms with Crippen LogP contribution in [0.3, 0.4) is 0 Å². The smallest absolute Gasteiger partial charge is 0.221 e. The van der Waals surface area contributed by atoms with Crippen molar-refractivity contribution in [2.75, 3.05) is 11.1 Å². The van der Waals surface area contributed by atoms with Crippen LogP contribution < -0.4 is 5.32 Å². The van der Waals surface area contributed by atoms with E-state index in [9.17, 15) is 9.59 Å². The summed E-state index contributed by atoms with van der Waals surface area (Å²) >= 11 is 1.24. The van der Waals surface area contributed by atoms with E-state index in [0.717, 1.165) is 5.56 Å². The van der Waals surface area contributed by atoms with Gasteiger partial charge >= 0.3 is 0 Å². The minimum atomic E-state index is -0.150. The number of hydrogen-bond acceptors (Lipinski definition) is 6. The van der Waals surface area contributed by atoms with Gasteiger partial charge in [-0.25, -0.2) is 4.98 Å². The van der Waals surface area contributed by atoms with E-state index >= 15 is 0 Å². The zero-order valence-electron chi connectivity index (χ0n) is 14.0. The molecule has 2 aromatic carbocycles. The lowest BCUT2D eigenvalue weighted by molar-refractivity contribution is -0.114. The van der Waals surface area contributed by atoms with Gasteiger partial charge in [-0.15, -0.1) is 10.2 Å². The number of hydrogen-bond donors (Lipinski definition) is 1. The van der Waals surface area contributed by atoms with E-state index in [2.05, 4.69) is 20.5 Å². The molecule has 0 atom stereocenters. The maximum absolute atomic E-state index is 12.3. The summed E-state index contributed by atoms with van der Waals surface area (Å²) in [5.41, 5.74) is 2.86. The topological polar surface area (TPSA) is 84.8 Å². The molecule has 3 aromatic rings. The number of rotatable bonds is 6. The Morgan fingerprint density at radius 1 is 1.00 bits per heavy atom. The minimum absolute atomic E-state index is 0.0416. The van der Waals surface area contributed by atoms with E-state index in [0.29, 0.717) is 22.1 Å². The van der Waals surface area contributed by atoms with Crippen LogP contribution in [0.1, 0.15) is 17.3 Å². The number of nitrogens with one attached hydrogen (secondary N) is 1. The van der Waals surface area contributed by atoms with Gasteiger partial charge in [0.2, 0.25) is 11.1 Å². The van der Waals surface area contributed by atoms with Crippen molar-refractivity contribution in [1.29, 1.82) is 0 Å². The average molecular weight is 364 g/mol. The van der Waals surface area contributed by atoms with Crippen LogP contribution in [0.5, 0.6) is 0 Å². The second-order valence-electron chi connectivity index (χ2n) is 5.46. The Balaban J connectivity index is 1.58. The molecule has 1 N–H and O–H groups in total. The fraction of sp³-hybridized carbons (Fsp3) is 0.105. The third-order valence-corrected chi connectivity index (χ3v) is 4.32. The first-order valence-corrected chi connectivity index (χ1v) is 8.89. The number of amides is 1. The largest absolute Gasteiger partial charge is 0.326 e. The number of carbonyl (C=O) groups excluding carboxylic acids is 2. The van der Waals surface area contributed by atoms with Gasteiger partial charge in [0.05, 0.1) is 11.9 Å². The number of aromatic nitrogens is 3. The van der Waals surface area contributed by atoms with Crippen LogP contribution >= 0.6 is 11.8 Å². The minimum Gasteiger partial charge on any atom is -0.326 e. The summed E-state index contributed by atoms with van der Waals surface area (Å²) < 4.78 is 0. The molecule has 0 aliphatic carbocycles. The van der Waals surface area contributed by atoms with Crippen molar-refractivity contribution in [2.24, 2.45) is 0 Å². The lowest BCUT2D eigenvalue weighted by atomic mass is 10.1. The summed E-state index contributed by atoms with van der Waals surface area (Å²) in [4.78, 5) is 27.5. The quantitative estimate of drug-likeness (QED) is 0.532. The van der Waals surface area contributed by atoms with Crippen LogP contribution in [0.2, 0.25) is 0 Å². The third-order valence-electron chi connectivity index (χ3n) is 3.47. The van der Waals surface area contributed by atoms with Crippen molar-refractivity contribution < 1.29 is 9.59 Å². The van der Waals surface area contributed by atoms with Gasteiger partial charge in [0.25, 0.3) is 0 Å². The Morgan fingerprint density at radius 3 is 2.35 bits per heavy atom. The van der Waals surface area contributed by atoms with E-state index in [1.807, 2.05) is 30.3 Å². The van der Waals surface area contributed by atoms with Crippen LogP contribution in [-0.4, -0.2) is 32.6 Å². The van der Waals surface area contributed by atoms with E-state index in [-0.39, 0.29) is 17.4 Å². The Kier molecular flexibility index (Phi) is 5.70. The number of Topliss-reactive ketones (excluding diaryl/α,β-unsaturated/α-hetero) is 1. The maximum Gasteiger partial charge on any atom is 0.221 e. The molecule has 0 aliphatic rings. The zero-order chi connectivity index (χ0) is 18.4. The molecule has 6 nitrogen and oxygen atoms in total. The number of nitrogens with zero attached hydrogens (tertiary/aromatic N) is 3. The fourth-order valence-corrected chi connectivity index (χ4v) is 2.88. The number of ketones is 1. The molecule has 0 spiro atoms. The molecule has 0 saturated carbocycles. The predicted octanol–water partition coefficient (Wildman–Crippen LogP) is 3.47. The van der Waals surface area contributed by atoms with Gasteiger partial charge < -0.3 is 5.32 Å². The molecular weight excluding hydrogens is 348 g/mol. The molecule has 0 aliphatic heterocycles. The van der Waals surface area contributed by atoms with Crippen LogP contribution in [0.25, 0.3) is 11.3 Å². The van der Waals surface area contributed by atoms with Crippen molar-refractivity contribution >= 4 is 29.1 Å². The second kappa shape index (κ2) is 8.35. The molecule has 7 heteroatoms. The molecule has 1 aromatic heterocycles. The fourth-order valence-electron chi connectivity index (χ4n) is 2.23. The van der Waals surface area contributed by atoms with Crippen molar-refractivity contribution in [3.05, 3.63) is 66.4 Å². The summed E-state index contributed by atoms with van der Waals surface area (Å²) in [6.07, 6.45) is 1.65. The van der Waals surface area contributed by atoms with Crippen LogP contribution in [0, 0.1) is 0 Å². The number of thioether (sulfide) groups is 1. The van der Waals surface area contributed by atoms with E-state index < -0.39 is 0 Å². The van der Waals surface area contributed by atoms with Crippen molar-refractivity contribution in [3.8, 4) is 11.3 Å². The molecule has 1 amide bonds. The van der Waals surface area contributed by atoms with Gasteiger partial charge in [-0.1, -0.05) is 42.1 Å². The highest BCUT2D eigenvalue weighted by molar-refractivity contribution is 7.99. The highest BCUT2D eigenvalue weighted by atomic mass is 32.2. The monoisotopic (exact) mass is 364 g/mol. The zero-order valence-corrected chi connectivity index (χ0v) is 14.9. The summed E-state index contributed by atoms with van der Waals surface area (Å²) in [5, 5.41) is 11.3. The SMILES string of the molecule is CC(=O)Nc1ccc(C(=O)CSc2ncc(-c3ccccc3)nn2)cc1. The molecule has 130 valence electrons. The van der Waals surface area contributed by atoms with Crippen LogP contribution in [-0.2, 0) is 4.79 Å². The van der Waals surface area contributed by atoms with Crippen molar-refractivity contribution in [1.82, 2.24) is 15.2 Å². The standard InChI is InChI=1S/C19H16N4O2S/c1-13(24)21-16-9-7-15(8-10-16)18(25)12-26-19-20-11-17(22-23-19)14-5-3-2-4-6-14/h2-11H,12H2,1H3,(H,21,24). The molecular formula is C19H16N4O2S. The number of carbonyl (C=O) groups is 2. The summed E-state index contributed by atoms with van der Waals surface area (Å²) in [6.45, 7) is 1.44. The highest BCUT2D eigenvalue weighted by Gasteiger charge is 2.09. The normalized spacial score (nSPS) is 10.3. The molecule has 1 heterocycles.